The van der Waals surface area contributed by atoms with Crippen LogP contribution in [0.25, 0.3) is 5.69 Å². The van der Waals surface area contributed by atoms with Gasteiger partial charge in [-0.25, -0.2) is 14.5 Å². The molecule has 0 spiro atoms. The minimum absolute atomic E-state index is 0.142. The molecule has 0 aliphatic rings. The van der Waals surface area contributed by atoms with Crippen LogP contribution in [0.3, 0.4) is 0 Å². The molecule has 4 rings (SSSR count). The van der Waals surface area contributed by atoms with Crippen molar-refractivity contribution < 1.29 is 4.79 Å². The average molecular weight is 418 g/mol. The normalized spacial score (nSPS) is 12.9. The summed E-state index contributed by atoms with van der Waals surface area (Å²) in [6.07, 6.45) is 3.15. The van der Waals surface area contributed by atoms with Crippen molar-refractivity contribution in [1.82, 2.24) is 25.4 Å². The number of amides is 2. The van der Waals surface area contributed by atoms with Gasteiger partial charge in [0.05, 0.1) is 17.8 Å². The molecule has 2 atom stereocenters. The fraction of sp³-hybridized carbons (Fsp3) is 0.174. The Bertz CT molecular complexity index is 1070. The Kier molecular flexibility index (Phi) is 5.90. The van der Waals surface area contributed by atoms with Crippen molar-refractivity contribution in [3.05, 3.63) is 100 Å². The van der Waals surface area contributed by atoms with E-state index in [2.05, 4.69) is 51.9 Å². The second-order valence-corrected chi connectivity index (χ2v) is 8.11. The third-order valence-corrected chi connectivity index (χ3v) is 5.87. The molecule has 30 heavy (non-hydrogen) atoms. The van der Waals surface area contributed by atoms with Crippen molar-refractivity contribution in [2.75, 3.05) is 0 Å². The topological polar surface area (TPSA) is 71.8 Å². The number of hydrogen-bond acceptors (Lipinski definition) is 4. The minimum atomic E-state index is -0.207. The molecule has 0 aliphatic carbocycles. The lowest BCUT2D eigenvalue weighted by Crippen LogP contribution is -2.39. The lowest BCUT2D eigenvalue weighted by molar-refractivity contribution is 0.236. The number of carbonyl (C=O) groups is 1. The van der Waals surface area contributed by atoms with E-state index in [4.69, 9.17) is 0 Å². The van der Waals surface area contributed by atoms with Gasteiger partial charge in [-0.15, -0.1) is 11.3 Å². The second-order valence-electron chi connectivity index (χ2n) is 7.13. The van der Waals surface area contributed by atoms with Gasteiger partial charge in [0.2, 0.25) is 0 Å². The number of aryl methyl sites for hydroxylation is 1. The highest BCUT2D eigenvalue weighted by atomic mass is 32.1. The maximum absolute atomic E-state index is 12.8. The Hall–Kier alpha value is -3.45. The van der Waals surface area contributed by atoms with Crippen LogP contribution in [-0.4, -0.2) is 20.8 Å². The third-order valence-electron chi connectivity index (χ3n) is 4.94. The number of thiophene rings is 1. The summed E-state index contributed by atoms with van der Waals surface area (Å²) in [5.74, 6) is 0. The van der Waals surface area contributed by atoms with Crippen molar-refractivity contribution in [2.45, 2.75) is 25.9 Å². The van der Waals surface area contributed by atoms with E-state index in [9.17, 15) is 4.79 Å². The lowest BCUT2D eigenvalue weighted by atomic mass is 10.0. The standard InChI is InChI=1S/C23H23N5OS/c1-16-5-7-19(8-6-16)22(21-4-3-13-30-21)27-23(29)26-17(2)18-9-11-20(12-10-18)28-15-24-14-25-28/h3-15,17,22H,1-2H3,(H2,26,27,29)/t17-,22-/m0/s1. The van der Waals surface area contributed by atoms with E-state index in [1.807, 2.05) is 48.7 Å². The summed E-state index contributed by atoms with van der Waals surface area (Å²) < 4.78 is 1.70. The fourth-order valence-corrected chi connectivity index (χ4v) is 4.05. The fourth-order valence-electron chi connectivity index (χ4n) is 3.24. The zero-order valence-corrected chi connectivity index (χ0v) is 17.6. The van der Waals surface area contributed by atoms with Gasteiger partial charge in [-0.2, -0.15) is 5.10 Å². The molecule has 0 unspecified atom stereocenters. The van der Waals surface area contributed by atoms with Crippen molar-refractivity contribution in [3.8, 4) is 5.69 Å². The Balaban J connectivity index is 1.44. The highest BCUT2D eigenvalue weighted by Gasteiger charge is 2.19. The van der Waals surface area contributed by atoms with Gasteiger partial charge in [-0.1, -0.05) is 48.0 Å². The largest absolute Gasteiger partial charge is 0.332 e. The van der Waals surface area contributed by atoms with Gasteiger partial charge in [0.15, 0.2) is 0 Å². The molecule has 2 amide bonds. The maximum Gasteiger partial charge on any atom is 0.316 e. The number of nitrogens with one attached hydrogen (secondary N) is 2. The summed E-state index contributed by atoms with van der Waals surface area (Å²) in [7, 11) is 0. The molecule has 152 valence electrons. The molecule has 0 bridgehead atoms. The first kappa shape index (κ1) is 19.8. The molecule has 2 aromatic carbocycles. The van der Waals surface area contributed by atoms with E-state index in [0.717, 1.165) is 21.7 Å². The Morgan fingerprint density at radius 3 is 2.37 bits per heavy atom. The van der Waals surface area contributed by atoms with Crippen molar-refractivity contribution in [2.24, 2.45) is 0 Å². The Morgan fingerprint density at radius 1 is 1.00 bits per heavy atom. The van der Waals surface area contributed by atoms with Crippen LogP contribution in [0.1, 0.15) is 40.6 Å². The summed E-state index contributed by atoms with van der Waals surface area (Å²) in [6, 6.07) is 19.6. The summed E-state index contributed by atoms with van der Waals surface area (Å²) in [4.78, 5) is 17.8. The molecule has 0 fully saturated rings. The van der Waals surface area contributed by atoms with E-state index < -0.39 is 0 Å². The average Bonchev–Trinajstić information content (AvgIpc) is 3.47. The van der Waals surface area contributed by atoms with Gasteiger partial charge in [-0.05, 0) is 48.6 Å². The number of urea groups is 1. The molecule has 0 saturated carbocycles. The van der Waals surface area contributed by atoms with Crippen LogP contribution in [0.2, 0.25) is 0 Å². The zero-order valence-electron chi connectivity index (χ0n) is 16.8. The van der Waals surface area contributed by atoms with Crippen molar-refractivity contribution in [3.63, 3.8) is 0 Å². The first-order valence-corrected chi connectivity index (χ1v) is 10.6. The van der Waals surface area contributed by atoms with Crippen LogP contribution >= 0.6 is 11.3 Å². The molecule has 2 heterocycles. The first-order valence-electron chi connectivity index (χ1n) is 9.72. The van der Waals surface area contributed by atoms with Gasteiger partial charge in [0.1, 0.15) is 12.7 Å². The molecular formula is C23H23N5OS. The van der Waals surface area contributed by atoms with Gasteiger partial charge in [-0.3, -0.25) is 0 Å². The number of hydrogen-bond donors (Lipinski definition) is 2. The monoisotopic (exact) mass is 417 g/mol. The molecular weight excluding hydrogens is 394 g/mol. The van der Waals surface area contributed by atoms with Gasteiger partial charge in [0.25, 0.3) is 0 Å². The summed E-state index contributed by atoms with van der Waals surface area (Å²) >= 11 is 1.63. The van der Waals surface area contributed by atoms with Gasteiger partial charge >= 0.3 is 6.03 Å². The smallest absolute Gasteiger partial charge is 0.316 e. The molecule has 2 aromatic heterocycles. The predicted octanol–water partition coefficient (Wildman–Crippen LogP) is 4.79. The lowest BCUT2D eigenvalue weighted by Gasteiger charge is -2.21. The predicted molar refractivity (Wildman–Crippen MR) is 119 cm³/mol. The number of rotatable bonds is 6. The molecule has 2 N–H and O–H groups in total. The quantitative estimate of drug-likeness (QED) is 0.474. The highest BCUT2D eigenvalue weighted by molar-refractivity contribution is 7.10. The summed E-state index contributed by atoms with van der Waals surface area (Å²) in [5.41, 5.74) is 4.18. The van der Waals surface area contributed by atoms with Crippen LogP contribution in [0.15, 0.2) is 78.7 Å². The SMILES string of the molecule is Cc1ccc([C@H](NC(=O)N[C@@H](C)c2ccc(-n3cncn3)cc2)c2cccs2)cc1. The van der Waals surface area contributed by atoms with E-state index in [1.165, 1.54) is 11.9 Å². The highest BCUT2D eigenvalue weighted by Crippen LogP contribution is 2.26. The van der Waals surface area contributed by atoms with Gasteiger partial charge < -0.3 is 10.6 Å². The summed E-state index contributed by atoms with van der Waals surface area (Å²) in [6.45, 7) is 4.02. The van der Waals surface area contributed by atoms with Crippen molar-refractivity contribution in [1.29, 1.82) is 0 Å². The molecule has 7 heteroatoms. The Morgan fingerprint density at radius 2 is 1.73 bits per heavy atom. The number of nitrogens with zero attached hydrogens (tertiary/aromatic N) is 3. The van der Waals surface area contributed by atoms with E-state index in [0.29, 0.717) is 0 Å². The minimum Gasteiger partial charge on any atom is -0.332 e. The second kappa shape index (κ2) is 8.92. The van der Waals surface area contributed by atoms with Crippen LogP contribution in [0.4, 0.5) is 4.79 Å². The first-order chi connectivity index (χ1) is 14.6. The number of aromatic nitrogens is 3. The van der Waals surface area contributed by atoms with E-state index >= 15 is 0 Å². The van der Waals surface area contributed by atoms with Crippen LogP contribution in [0, 0.1) is 6.92 Å². The van der Waals surface area contributed by atoms with E-state index in [-0.39, 0.29) is 18.1 Å². The summed E-state index contributed by atoms with van der Waals surface area (Å²) in [5, 5.41) is 12.3. The van der Waals surface area contributed by atoms with E-state index in [1.54, 1.807) is 22.3 Å². The molecule has 0 saturated heterocycles. The maximum atomic E-state index is 12.8. The molecule has 0 radical (unpaired) electrons. The Labute approximate surface area is 179 Å². The third kappa shape index (κ3) is 4.58. The zero-order chi connectivity index (χ0) is 20.9. The molecule has 0 aliphatic heterocycles. The molecule has 6 nitrogen and oxygen atoms in total. The molecule has 4 aromatic rings. The van der Waals surface area contributed by atoms with Crippen LogP contribution in [-0.2, 0) is 0 Å². The van der Waals surface area contributed by atoms with Crippen LogP contribution in [0.5, 0.6) is 0 Å². The van der Waals surface area contributed by atoms with Crippen molar-refractivity contribution >= 4 is 17.4 Å². The number of benzene rings is 2. The number of carbonyl (C=O) groups excluding carboxylic acids is 1. The van der Waals surface area contributed by atoms with Crippen LogP contribution < -0.4 is 10.6 Å². The van der Waals surface area contributed by atoms with Gasteiger partial charge in [0, 0.05) is 4.88 Å².